The topological polar surface area (TPSA) is 57.9 Å². The molecule has 30 heavy (non-hydrogen) atoms. The van der Waals surface area contributed by atoms with Crippen LogP contribution in [0, 0.1) is 0 Å². The number of carbonyl (C=O) groups is 1. The van der Waals surface area contributed by atoms with Gasteiger partial charge in [0.2, 0.25) is 6.54 Å². The first-order valence-corrected chi connectivity index (χ1v) is 9.28. The van der Waals surface area contributed by atoms with Crippen molar-refractivity contribution in [3.8, 4) is 23.0 Å². The Bertz CT molecular complexity index is 1050. The van der Waals surface area contributed by atoms with Crippen molar-refractivity contribution >= 4 is 16.6 Å². The van der Waals surface area contributed by atoms with E-state index in [0.29, 0.717) is 36.0 Å². The van der Waals surface area contributed by atoms with E-state index in [4.69, 9.17) is 18.9 Å². The molecule has 0 atom stereocenters. The maximum absolute atomic E-state index is 11.9. The van der Waals surface area contributed by atoms with Gasteiger partial charge in [0.25, 0.3) is 0 Å². The standard InChI is InChI=1S/C23H26NO5.HI/c1-15(25)14-24-9-8-17-12-22(28-4)23(29-5)13-18(17)19(24)10-16-6-7-20(26-2)21(11-16)27-3;/h6-9,11-13H,10,14H2,1-5H3;1H/q+1;/p-1. The minimum Gasteiger partial charge on any atom is -1.00 e. The number of hydrogen-bond acceptors (Lipinski definition) is 5. The minimum absolute atomic E-state index is 0. The van der Waals surface area contributed by atoms with Gasteiger partial charge < -0.3 is 42.9 Å². The van der Waals surface area contributed by atoms with Crippen molar-refractivity contribution in [2.75, 3.05) is 28.4 Å². The summed E-state index contributed by atoms with van der Waals surface area (Å²) >= 11 is 0. The number of nitrogens with zero attached hydrogens (tertiary/aromatic N) is 1. The number of Topliss-reactive ketones (excluding diaryl/α,β-unsaturated/α-hetero) is 1. The molecule has 0 radical (unpaired) electrons. The molecule has 3 aromatic rings. The maximum atomic E-state index is 11.9. The highest BCUT2D eigenvalue weighted by Crippen LogP contribution is 2.34. The second-order valence-electron chi connectivity index (χ2n) is 6.75. The van der Waals surface area contributed by atoms with E-state index >= 15 is 0 Å². The number of pyridine rings is 1. The van der Waals surface area contributed by atoms with Gasteiger partial charge in [0.1, 0.15) is 0 Å². The summed E-state index contributed by atoms with van der Waals surface area (Å²) in [7, 11) is 6.46. The summed E-state index contributed by atoms with van der Waals surface area (Å²) in [6.45, 7) is 1.89. The number of carbonyl (C=O) groups excluding carboxylic acids is 1. The molecule has 0 saturated carbocycles. The van der Waals surface area contributed by atoms with Gasteiger partial charge in [-0.05, 0) is 35.2 Å². The molecule has 0 aliphatic carbocycles. The van der Waals surface area contributed by atoms with Crippen molar-refractivity contribution in [2.24, 2.45) is 0 Å². The molecular formula is C23H26INO5. The van der Waals surface area contributed by atoms with Crippen LogP contribution in [0.3, 0.4) is 0 Å². The Kier molecular flexibility index (Phi) is 8.28. The van der Waals surface area contributed by atoms with Crippen LogP contribution in [0.2, 0.25) is 0 Å². The van der Waals surface area contributed by atoms with Crippen LogP contribution in [0.4, 0.5) is 0 Å². The third-order valence-corrected chi connectivity index (χ3v) is 4.86. The van der Waals surface area contributed by atoms with Gasteiger partial charge in [-0.3, -0.25) is 4.79 Å². The Hall–Kier alpha value is -2.55. The smallest absolute Gasteiger partial charge is 0.206 e. The summed E-state index contributed by atoms with van der Waals surface area (Å²) in [5.41, 5.74) is 2.05. The van der Waals surface area contributed by atoms with E-state index in [1.807, 2.05) is 47.2 Å². The SMILES string of the molecule is COc1ccc(Cc2c3cc(OC)c(OC)cc3cc[n+]2CC(C)=O)cc1OC.[I-]. The number of benzene rings is 2. The summed E-state index contributed by atoms with van der Waals surface area (Å²) < 4.78 is 23.7. The maximum Gasteiger partial charge on any atom is 0.206 e. The van der Waals surface area contributed by atoms with Crippen LogP contribution >= 0.6 is 0 Å². The van der Waals surface area contributed by atoms with Crippen molar-refractivity contribution in [1.82, 2.24) is 0 Å². The summed E-state index contributed by atoms with van der Waals surface area (Å²) in [4.78, 5) is 11.9. The molecule has 160 valence electrons. The molecule has 7 heteroatoms. The van der Waals surface area contributed by atoms with E-state index in [9.17, 15) is 4.79 Å². The molecule has 0 unspecified atom stereocenters. The zero-order chi connectivity index (χ0) is 21.0. The Labute approximate surface area is 193 Å². The van der Waals surface area contributed by atoms with Crippen LogP contribution in [0.5, 0.6) is 23.0 Å². The van der Waals surface area contributed by atoms with E-state index in [2.05, 4.69) is 0 Å². The molecule has 2 aromatic carbocycles. The lowest BCUT2D eigenvalue weighted by atomic mass is 10.0. The first-order chi connectivity index (χ1) is 14.0. The third kappa shape index (κ3) is 4.95. The number of aromatic nitrogens is 1. The average molecular weight is 523 g/mol. The number of ether oxygens (including phenoxy) is 4. The molecule has 0 spiro atoms. The van der Waals surface area contributed by atoms with Gasteiger partial charge >= 0.3 is 0 Å². The summed E-state index contributed by atoms with van der Waals surface area (Å²) in [6.07, 6.45) is 2.55. The zero-order valence-electron chi connectivity index (χ0n) is 17.8. The van der Waals surface area contributed by atoms with Crippen molar-refractivity contribution in [3.63, 3.8) is 0 Å². The molecule has 0 amide bonds. The first kappa shape index (κ1) is 23.7. The van der Waals surface area contributed by atoms with Crippen molar-refractivity contribution in [1.29, 1.82) is 0 Å². The van der Waals surface area contributed by atoms with Crippen molar-refractivity contribution in [3.05, 3.63) is 53.9 Å². The fourth-order valence-electron chi connectivity index (χ4n) is 3.47. The molecule has 0 N–H and O–H groups in total. The van der Waals surface area contributed by atoms with Gasteiger partial charge in [-0.25, -0.2) is 0 Å². The quantitative estimate of drug-likeness (QED) is 0.315. The molecule has 0 saturated heterocycles. The van der Waals surface area contributed by atoms with Gasteiger partial charge in [-0.1, -0.05) is 6.07 Å². The molecule has 0 aliphatic heterocycles. The van der Waals surface area contributed by atoms with Crippen LogP contribution in [0.15, 0.2) is 42.6 Å². The molecule has 0 fully saturated rings. The van der Waals surface area contributed by atoms with Crippen molar-refractivity contribution < 1.29 is 52.3 Å². The third-order valence-electron chi connectivity index (χ3n) is 4.86. The predicted molar refractivity (Wildman–Crippen MR) is 110 cm³/mol. The molecule has 1 aromatic heterocycles. The van der Waals surface area contributed by atoms with Gasteiger partial charge in [-0.2, -0.15) is 4.57 Å². The van der Waals surface area contributed by atoms with Crippen LogP contribution in [0.25, 0.3) is 10.8 Å². The molecular weight excluding hydrogens is 497 g/mol. The fraction of sp³-hybridized carbons (Fsp3) is 0.304. The highest BCUT2D eigenvalue weighted by Gasteiger charge is 2.20. The summed E-state index contributed by atoms with van der Waals surface area (Å²) in [6, 6.07) is 11.7. The lowest BCUT2D eigenvalue weighted by Crippen LogP contribution is -3.00. The second-order valence-corrected chi connectivity index (χ2v) is 6.75. The van der Waals surface area contributed by atoms with Crippen LogP contribution in [-0.2, 0) is 17.8 Å². The Morgan fingerprint density at radius 2 is 1.43 bits per heavy atom. The highest BCUT2D eigenvalue weighted by molar-refractivity contribution is 5.87. The zero-order valence-corrected chi connectivity index (χ0v) is 20.0. The monoisotopic (exact) mass is 523 g/mol. The van der Waals surface area contributed by atoms with Gasteiger partial charge in [0.15, 0.2) is 40.7 Å². The number of rotatable bonds is 8. The lowest BCUT2D eigenvalue weighted by molar-refractivity contribution is -0.689. The minimum atomic E-state index is 0. The average Bonchev–Trinajstić information content (AvgIpc) is 2.73. The van der Waals surface area contributed by atoms with E-state index in [0.717, 1.165) is 22.0 Å². The van der Waals surface area contributed by atoms with E-state index in [1.54, 1.807) is 35.4 Å². The molecule has 3 rings (SSSR count). The molecule has 6 nitrogen and oxygen atoms in total. The van der Waals surface area contributed by atoms with E-state index < -0.39 is 0 Å². The Morgan fingerprint density at radius 1 is 0.833 bits per heavy atom. The van der Waals surface area contributed by atoms with Crippen LogP contribution < -0.4 is 47.5 Å². The van der Waals surface area contributed by atoms with E-state index in [1.165, 1.54) is 0 Å². The van der Waals surface area contributed by atoms with E-state index in [-0.39, 0.29) is 29.8 Å². The number of ketones is 1. The molecule has 0 aliphatic rings. The first-order valence-electron chi connectivity index (χ1n) is 9.28. The second kappa shape index (κ2) is 10.5. The normalized spacial score (nSPS) is 10.3. The van der Waals surface area contributed by atoms with Gasteiger partial charge in [0.05, 0.1) is 40.2 Å². The largest absolute Gasteiger partial charge is 1.00 e. The predicted octanol–water partition coefficient (Wildman–Crippen LogP) is 0.346. The summed E-state index contributed by atoms with van der Waals surface area (Å²) in [5.74, 6) is 2.75. The number of methoxy groups -OCH3 is 4. The number of hydrogen-bond donors (Lipinski definition) is 0. The molecule has 1 heterocycles. The summed E-state index contributed by atoms with van der Waals surface area (Å²) in [5, 5.41) is 2.01. The highest BCUT2D eigenvalue weighted by atomic mass is 127. The van der Waals surface area contributed by atoms with Gasteiger partial charge in [0, 0.05) is 13.0 Å². The Balaban J connectivity index is 0.00000320. The lowest BCUT2D eigenvalue weighted by Gasteiger charge is -2.13. The van der Waals surface area contributed by atoms with Crippen molar-refractivity contribution in [2.45, 2.75) is 19.9 Å². The number of halogens is 1. The van der Waals surface area contributed by atoms with Crippen LogP contribution in [0.1, 0.15) is 18.2 Å². The number of fused-ring (bicyclic) bond motifs is 1. The van der Waals surface area contributed by atoms with Crippen LogP contribution in [-0.4, -0.2) is 34.2 Å². The molecule has 0 bridgehead atoms. The fourth-order valence-corrected chi connectivity index (χ4v) is 3.47. The van der Waals surface area contributed by atoms with Gasteiger partial charge in [-0.15, -0.1) is 0 Å². The Morgan fingerprint density at radius 3 is 2.03 bits per heavy atom.